The molecule has 0 atom stereocenters. The van der Waals surface area contributed by atoms with Crippen molar-refractivity contribution < 1.29 is 39.2 Å². The van der Waals surface area contributed by atoms with Crippen LogP contribution in [0.15, 0.2) is 23.1 Å². The van der Waals surface area contributed by atoms with Crippen molar-refractivity contribution >= 4 is 9.84 Å². The Bertz CT molecular complexity index is 539. The van der Waals surface area contributed by atoms with Crippen molar-refractivity contribution in [3.63, 3.8) is 0 Å². The van der Waals surface area contributed by atoms with Crippen molar-refractivity contribution in [2.24, 2.45) is 0 Å². The number of halogens is 7. The second-order valence-corrected chi connectivity index (χ2v) is 5.38. The fourth-order valence-corrected chi connectivity index (χ4v) is 1.91. The monoisotopic (exact) mass is 310 g/mol. The predicted molar refractivity (Wildman–Crippen MR) is 49.6 cm³/mol. The number of rotatable bonds is 2. The van der Waals surface area contributed by atoms with E-state index in [1.54, 1.807) is 0 Å². The normalized spacial score (nSPS) is 13.6. The molecule has 0 unspecified atom stereocenters. The minimum absolute atomic E-state index is 0.0375. The molecule has 19 heavy (non-hydrogen) atoms. The highest BCUT2D eigenvalue weighted by Crippen LogP contribution is 2.37. The first-order valence-corrected chi connectivity index (χ1v) is 6.11. The Hall–Kier alpha value is -1.32. The fraction of sp³-hybridized carbons (Fsp3) is 0.333. The molecule has 0 spiro atoms. The Labute approximate surface area is 102 Å². The van der Waals surface area contributed by atoms with Crippen LogP contribution in [0, 0.1) is 0 Å². The standard InChI is InChI=1S/C9H5F7O2S/c10-4-19(17,18)7-2-5(8(11,12)13)1-6(3-7)9(14,15)16/h1-3H,4H2. The summed E-state index contributed by atoms with van der Waals surface area (Å²) in [6.45, 7) is 0. The van der Waals surface area contributed by atoms with Crippen LogP contribution in [0.1, 0.15) is 11.1 Å². The zero-order valence-electron chi connectivity index (χ0n) is 8.81. The lowest BCUT2D eigenvalue weighted by Gasteiger charge is -2.13. The van der Waals surface area contributed by atoms with E-state index in [9.17, 15) is 39.2 Å². The third-order valence-corrected chi connectivity index (χ3v) is 3.31. The second-order valence-electron chi connectivity index (χ2n) is 3.47. The van der Waals surface area contributed by atoms with Gasteiger partial charge in [-0.2, -0.15) is 26.3 Å². The van der Waals surface area contributed by atoms with Crippen LogP contribution >= 0.6 is 0 Å². The summed E-state index contributed by atoms with van der Waals surface area (Å²) in [5, 5.41) is 0. The van der Waals surface area contributed by atoms with E-state index in [4.69, 9.17) is 0 Å². The summed E-state index contributed by atoms with van der Waals surface area (Å²) < 4.78 is 108. The molecule has 108 valence electrons. The first-order valence-electron chi connectivity index (χ1n) is 4.46. The molecule has 0 aromatic heterocycles. The smallest absolute Gasteiger partial charge is 0.233 e. The molecule has 10 heteroatoms. The SMILES string of the molecule is O=S(=O)(CF)c1cc(C(F)(F)F)cc(C(F)(F)F)c1. The molecule has 0 amide bonds. The molecule has 0 aliphatic carbocycles. The van der Waals surface area contributed by atoms with Gasteiger partial charge in [-0.05, 0) is 18.2 Å². The number of hydrogen-bond donors (Lipinski definition) is 0. The molecule has 0 saturated carbocycles. The summed E-state index contributed by atoms with van der Waals surface area (Å²) in [5.41, 5.74) is -3.62. The highest BCUT2D eigenvalue weighted by atomic mass is 32.2. The van der Waals surface area contributed by atoms with Gasteiger partial charge in [0.1, 0.15) is 0 Å². The Morgan fingerprint density at radius 1 is 0.842 bits per heavy atom. The van der Waals surface area contributed by atoms with Gasteiger partial charge in [0, 0.05) is 0 Å². The van der Waals surface area contributed by atoms with Crippen LogP contribution in [0.25, 0.3) is 0 Å². The zero-order chi connectivity index (χ0) is 15.1. The van der Waals surface area contributed by atoms with Gasteiger partial charge in [0.25, 0.3) is 0 Å². The van der Waals surface area contributed by atoms with Crippen LogP contribution in [-0.4, -0.2) is 14.4 Å². The summed E-state index contributed by atoms with van der Waals surface area (Å²) in [5.74, 6) is 0. The molecule has 1 aromatic carbocycles. The molecule has 0 N–H and O–H groups in total. The molecule has 0 radical (unpaired) electrons. The van der Waals surface area contributed by atoms with Gasteiger partial charge in [0.2, 0.25) is 9.84 Å². The third kappa shape index (κ3) is 3.58. The summed E-state index contributed by atoms with van der Waals surface area (Å²) in [4.78, 5) is -1.36. The molecule has 0 aliphatic rings. The summed E-state index contributed by atoms with van der Waals surface area (Å²) in [7, 11) is -4.83. The highest BCUT2D eigenvalue weighted by molar-refractivity contribution is 7.91. The lowest BCUT2D eigenvalue weighted by atomic mass is 10.1. The highest BCUT2D eigenvalue weighted by Gasteiger charge is 2.38. The molecule has 0 saturated heterocycles. The fourth-order valence-electron chi connectivity index (χ4n) is 1.17. The van der Waals surface area contributed by atoms with Gasteiger partial charge < -0.3 is 0 Å². The lowest BCUT2D eigenvalue weighted by Crippen LogP contribution is -2.14. The van der Waals surface area contributed by atoms with E-state index in [2.05, 4.69) is 0 Å². The van der Waals surface area contributed by atoms with Gasteiger partial charge in [-0.25, -0.2) is 12.8 Å². The first kappa shape index (κ1) is 15.7. The maximum absolute atomic E-state index is 12.4. The Kier molecular flexibility index (Phi) is 3.86. The maximum Gasteiger partial charge on any atom is 0.416 e. The molecule has 1 rings (SSSR count). The van der Waals surface area contributed by atoms with Gasteiger partial charge in [0.05, 0.1) is 16.0 Å². The number of hydrogen-bond acceptors (Lipinski definition) is 2. The quantitative estimate of drug-likeness (QED) is 0.784. The van der Waals surface area contributed by atoms with Gasteiger partial charge >= 0.3 is 12.4 Å². The van der Waals surface area contributed by atoms with Crippen molar-refractivity contribution in [2.45, 2.75) is 17.2 Å². The maximum atomic E-state index is 12.4. The molecular formula is C9H5F7O2S. The van der Waals surface area contributed by atoms with Crippen LogP contribution < -0.4 is 0 Å². The largest absolute Gasteiger partial charge is 0.416 e. The van der Waals surface area contributed by atoms with E-state index in [1.165, 1.54) is 0 Å². The minimum Gasteiger partial charge on any atom is -0.233 e. The molecule has 0 aliphatic heterocycles. The van der Waals surface area contributed by atoms with Crippen molar-refractivity contribution in [3.05, 3.63) is 29.3 Å². The van der Waals surface area contributed by atoms with Crippen LogP contribution in [-0.2, 0) is 22.2 Å². The lowest BCUT2D eigenvalue weighted by molar-refractivity contribution is -0.143. The first-order chi connectivity index (χ1) is 8.38. The molecule has 2 nitrogen and oxygen atoms in total. The average Bonchev–Trinajstić information content (AvgIpc) is 2.26. The Balaban J connectivity index is 3.60. The van der Waals surface area contributed by atoms with E-state index in [0.717, 1.165) is 0 Å². The summed E-state index contributed by atoms with van der Waals surface area (Å²) >= 11 is 0. The van der Waals surface area contributed by atoms with Gasteiger partial charge in [-0.15, -0.1) is 0 Å². The molecule has 0 heterocycles. The van der Waals surface area contributed by atoms with Crippen LogP contribution in [0.5, 0.6) is 0 Å². The van der Waals surface area contributed by atoms with Crippen molar-refractivity contribution in [1.82, 2.24) is 0 Å². The summed E-state index contributed by atoms with van der Waals surface area (Å²) in [6, 6.07) is -2.41. The van der Waals surface area contributed by atoms with Crippen molar-refractivity contribution in [1.29, 1.82) is 0 Å². The van der Waals surface area contributed by atoms with E-state index >= 15 is 0 Å². The van der Waals surface area contributed by atoms with Gasteiger partial charge in [-0.3, -0.25) is 0 Å². The third-order valence-electron chi connectivity index (χ3n) is 2.06. The van der Waals surface area contributed by atoms with Crippen molar-refractivity contribution in [3.8, 4) is 0 Å². The molecule has 1 aromatic rings. The number of sulfone groups is 1. The second kappa shape index (κ2) is 4.66. The van der Waals surface area contributed by atoms with Crippen LogP contribution in [0.2, 0.25) is 0 Å². The van der Waals surface area contributed by atoms with Gasteiger partial charge in [-0.1, -0.05) is 0 Å². The van der Waals surface area contributed by atoms with E-state index < -0.39 is 44.2 Å². The summed E-state index contributed by atoms with van der Waals surface area (Å²) in [6.07, 6.45) is -10.4. The van der Waals surface area contributed by atoms with E-state index in [1.807, 2.05) is 0 Å². The predicted octanol–water partition coefficient (Wildman–Crippen LogP) is 3.42. The topological polar surface area (TPSA) is 34.1 Å². The average molecular weight is 310 g/mol. The van der Waals surface area contributed by atoms with Crippen LogP contribution in [0.4, 0.5) is 30.7 Å². The number of alkyl halides is 7. The Morgan fingerprint density at radius 3 is 1.47 bits per heavy atom. The molecule has 0 bridgehead atoms. The van der Waals surface area contributed by atoms with Crippen LogP contribution in [0.3, 0.4) is 0 Å². The molecular weight excluding hydrogens is 305 g/mol. The van der Waals surface area contributed by atoms with Gasteiger partial charge in [0.15, 0.2) is 6.01 Å². The number of benzene rings is 1. The zero-order valence-corrected chi connectivity index (χ0v) is 9.63. The minimum atomic E-state index is -5.18. The van der Waals surface area contributed by atoms with Crippen molar-refractivity contribution in [2.75, 3.05) is 6.01 Å². The van der Waals surface area contributed by atoms with E-state index in [0.29, 0.717) is 0 Å². The van der Waals surface area contributed by atoms with E-state index in [-0.39, 0.29) is 18.2 Å². The Morgan fingerprint density at radius 2 is 1.21 bits per heavy atom. The molecule has 0 fully saturated rings.